The molecule has 1 saturated heterocycles. The summed E-state index contributed by atoms with van der Waals surface area (Å²) in [6, 6.07) is 7.62. The molecule has 10 heteroatoms. The minimum Gasteiger partial charge on any atom is -0.492 e. The van der Waals surface area contributed by atoms with Crippen molar-refractivity contribution in [3.63, 3.8) is 0 Å². The Morgan fingerprint density at radius 1 is 1.11 bits per heavy atom. The summed E-state index contributed by atoms with van der Waals surface area (Å²) in [4.78, 5) is 11.1. The van der Waals surface area contributed by atoms with Crippen molar-refractivity contribution in [2.75, 3.05) is 53.0 Å². The van der Waals surface area contributed by atoms with E-state index in [0.29, 0.717) is 42.2 Å². The molecule has 37 heavy (non-hydrogen) atoms. The average Bonchev–Trinajstić information content (AvgIpc) is 2.88. The Morgan fingerprint density at radius 2 is 1.95 bits per heavy atom. The Hall–Kier alpha value is -2.72. The van der Waals surface area contributed by atoms with Gasteiger partial charge in [0.2, 0.25) is 5.88 Å². The standard InChI is InChI=1S/C27H34ClFN4O4/c1-3-10-33(2)11-8-30-9-14-35-21-16-23-26(25(17-21)36-20-6-12-34-13-7-20)27(32-18-31-23)37-24-5-4-19(29)15-22(24)28/h4-5,15-18,20,30H,3,6-14H2,1-2H3. The third-order valence-corrected chi connectivity index (χ3v) is 6.32. The van der Waals surface area contributed by atoms with Crippen LogP contribution in [0, 0.1) is 5.82 Å². The number of aromatic nitrogens is 2. The van der Waals surface area contributed by atoms with Crippen LogP contribution in [0.3, 0.4) is 0 Å². The summed E-state index contributed by atoms with van der Waals surface area (Å²) in [5, 5.41) is 4.15. The highest BCUT2D eigenvalue weighted by Crippen LogP contribution is 2.39. The molecular formula is C27H34ClFN4O4. The zero-order chi connectivity index (χ0) is 26.0. The van der Waals surface area contributed by atoms with Gasteiger partial charge >= 0.3 is 0 Å². The normalized spacial score (nSPS) is 14.3. The molecule has 0 saturated carbocycles. The second kappa shape index (κ2) is 13.7. The van der Waals surface area contributed by atoms with E-state index in [-0.39, 0.29) is 22.8 Å². The van der Waals surface area contributed by atoms with E-state index >= 15 is 0 Å². The summed E-state index contributed by atoms with van der Waals surface area (Å²) >= 11 is 6.20. The molecule has 1 aliphatic rings. The smallest absolute Gasteiger partial charge is 0.234 e. The highest BCUT2D eigenvalue weighted by Gasteiger charge is 2.21. The second-order valence-electron chi connectivity index (χ2n) is 9.00. The number of likely N-dealkylation sites (N-methyl/N-ethyl adjacent to an activating group) is 1. The Labute approximate surface area is 222 Å². The maximum atomic E-state index is 13.5. The second-order valence-corrected chi connectivity index (χ2v) is 9.41. The first-order valence-electron chi connectivity index (χ1n) is 12.7. The van der Waals surface area contributed by atoms with Crippen molar-refractivity contribution in [3.05, 3.63) is 47.5 Å². The molecule has 200 valence electrons. The van der Waals surface area contributed by atoms with Gasteiger partial charge in [0.15, 0.2) is 0 Å². The third-order valence-electron chi connectivity index (χ3n) is 6.03. The van der Waals surface area contributed by atoms with Crippen LogP contribution in [0.4, 0.5) is 4.39 Å². The molecule has 0 spiro atoms. The van der Waals surface area contributed by atoms with E-state index in [2.05, 4.69) is 34.2 Å². The molecule has 0 bridgehead atoms. The molecule has 0 aliphatic carbocycles. The first kappa shape index (κ1) is 27.3. The number of hydrogen-bond donors (Lipinski definition) is 1. The molecule has 0 radical (unpaired) electrons. The fourth-order valence-electron chi connectivity index (χ4n) is 4.12. The molecule has 0 amide bonds. The van der Waals surface area contributed by atoms with E-state index in [1.165, 1.54) is 24.5 Å². The maximum Gasteiger partial charge on any atom is 0.234 e. The van der Waals surface area contributed by atoms with Gasteiger partial charge in [-0.25, -0.2) is 14.4 Å². The largest absolute Gasteiger partial charge is 0.492 e. The van der Waals surface area contributed by atoms with Crippen molar-refractivity contribution in [2.24, 2.45) is 0 Å². The molecule has 1 fully saturated rings. The van der Waals surface area contributed by atoms with Gasteiger partial charge in [0.1, 0.15) is 47.5 Å². The summed E-state index contributed by atoms with van der Waals surface area (Å²) in [6.45, 7) is 7.66. The number of hydrogen-bond acceptors (Lipinski definition) is 8. The summed E-state index contributed by atoms with van der Waals surface area (Å²) in [7, 11) is 2.13. The number of fused-ring (bicyclic) bond motifs is 1. The topological polar surface area (TPSA) is 78.0 Å². The van der Waals surface area contributed by atoms with Crippen LogP contribution in [0.2, 0.25) is 5.02 Å². The van der Waals surface area contributed by atoms with Crippen LogP contribution < -0.4 is 19.5 Å². The van der Waals surface area contributed by atoms with Gasteiger partial charge in [0, 0.05) is 44.6 Å². The molecule has 0 atom stereocenters. The van der Waals surface area contributed by atoms with Gasteiger partial charge in [-0.2, -0.15) is 0 Å². The predicted octanol–water partition coefficient (Wildman–Crippen LogP) is 5.08. The number of benzene rings is 2. The van der Waals surface area contributed by atoms with Gasteiger partial charge in [0.05, 0.1) is 23.8 Å². The van der Waals surface area contributed by atoms with Crippen LogP contribution >= 0.6 is 11.6 Å². The minimum atomic E-state index is -0.447. The van der Waals surface area contributed by atoms with Gasteiger partial charge in [0.25, 0.3) is 0 Å². The van der Waals surface area contributed by atoms with E-state index in [9.17, 15) is 4.39 Å². The van der Waals surface area contributed by atoms with Gasteiger partial charge < -0.3 is 29.2 Å². The molecule has 0 unspecified atom stereocenters. The first-order chi connectivity index (χ1) is 18.0. The summed E-state index contributed by atoms with van der Waals surface area (Å²) < 4.78 is 37.4. The zero-order valence-corrected chi connectivity index (χ0v) is 22.1. The van der Waals surface area contributed by atoms with Crippen molar-refractivity contribution in [1.82, 2.24) is 20.2 Å². The van der Waals surface area contributed by atoms with Crippen molar-refractivity contribution in [1.29, 1.82) is 0 Å². The molecule has 1 N–H and O–H groups in total. The van der Waals surface area contributed by atoms with Gasteiger partial charge in [-0.3, -0.25) is 0 Å². The van der Waals surface area contributed by atoms with Crippen molar-refractivity contribution < 1.29 is 23.3 Å². The highest BCUT2D eigenvalue weighted by molar-refractivity contribution is 6.32. The summed E-state index contributed by atoms with van der Waals surface area (Å²) in [5.41, 5.74) is 0.608. The molecule has 1 aromatic heterocycles. The van der Waals surface area contributed by atoms with Crippen molar-refractivity contribution in [2.45, 2.75) is 32.3 Å². The molecule has 2 aromatic carbocycles. The van der Waals surface area contributed by atoms with Gasteiger partial charge in [-0.05, 0) is 38.2 Å². The number of nitrogens with zero attached hydrogens (tertiary/aromatic N) is 3. The van der Waals surface area contributed by atoms with Crippen molar-refractivity contribution >= 4 is 22.5 Å². The molecule has 8 nitrogen and oxygen atoms in total. The fraction of sp³-hybridized carbons (Fsp3) is 0.481. The lowest BCUT2D eigenvalue weighted by atomic mass is 10.1. The average molecular weight is 533 g/mol. The monoisotopic (exact) mass is 532 g/mol. The molecule has 3 aromatic rings. The number of nitrogens with one attached hydrogen (secondary N) is 1. The highest BCUT2D eigenvalue weighted by atomic mass is 35.5. The van der Waals surface area contributed by atoms with E-state index in [0.717, 1.165) is 45.4 Å². The van der Waals surface area contributed by atoms with Crippen LogP contribution in [-0.4, -0.2) is 74.0 Å². The van der Waals surface area contributed by atoms with Gasteiger partial charge in [-0.15, -0.1) is 0 Å². The molecule has 4 rings (SSSR count). The van der Waals surface area contributed by atoms with E-state index in [4.69, 9.17) is 30.5 Å². The Morgan fingerprint density at radius 3 is 2.73 bits per heavy atom. The molecular weight excluding hydrogens is 499 g/mol. The maximum absolute atomic E-state index is 13.5. The number of ether oxygens (including phenoxy) is 4. The van der Waals surface area contributed by atoms with Crippen LogP contribution in [0.5, 0.6) is 23.1 Å². The van der Waals surface area contributed by atoms with E-state index in [1.807, 2.05) is 12.1 Å². The lowest BCUT2D eigenvalue weighted by molar-refractivity contribution is 0.0260. The third kappa shape index (κ3) is 7.88. The predicted molar refractivity (Wildman–Crippen MR) is 142 cm³/mol. The number of halogens is 2. The van der Waals surface area contributed by atoms with E-state index < -0.39 is 5.82 Å². The summed E-state index contributed by atoms with van der Waals surface area (Å²) in [6.07, 6.45) is 4.09. The SMILES string of the molecule is CCCN(C)CCNCCOc1cc(OC2CCOCC2)c2c(Oc3ccc(F)cc3Cl)ncnc2c1. The Bertz CT molecular complexity index is 1160. The lowest BCUT2D eigenvalue weighted by Crippen LogP contribution is -2.31. The van der Waals surface area contributed by atoms with Crippen LogP contribution in [-0.2, 0) is 4.74 Å². The van der Waals surface area contributed by atoms with Crippen LogP contribution in [0.1, 0.15) is 26.2 Å². The van der Waals surface area contributed by atoms with Crippen LogP contribution in [0.25, 0.3) is 10.9 Å². The molecule has 1 aliphatic heterocycles. The minimum absolute atomic E-state index is 0.0172. The zero-order valence-electron chi connectivity index (χ0n) is 21.3. The summed E-state index contributed by atoms with van der Waals surface area (Å²) in [5.74, 6) is 1.31. The number of rotatable bonds is 13. The van der Waals surface area contributed by atoms with E-state index in [1.54, 1.807) is 0 Å². The Balaban J connectivity index is 1.52. The quantitative estimate of drug-likeness (QED) is 0.305. The van der Waals surface area contributed by atoms with Gasteiger partial charge in [-0.1, -0.05) is 18.5 Å². The first-order valence-corrected chi connectivity index (χ1v) is 13.1. The Kier molecular flexibility index (Phi) is 10.1. The lowest BCUT2D eigenvalue weighted by Gasteiger charge is -2.24. The van der Waals surface area contributed by atoms with Crippen LogP contribution in [0.15, 0.2) is 36.7 Å². The van der Waals surface area contributed by atoms with Crippen molar-refractivity contribution in [3.8, 4) is 23.1 Å². The fourth-order valence-corrected chi connectivity index (χ4v) is 4.33. The molecule has 2 heterocycles.